The van der Waals surface area contributed by atoms with Gasteiger partial charge in [-0.15, -0.1) is 0 Å². The minimum atomic E-state index is -0.440. The van der Waals surface area contributed by atoms with Crippen LogP contribution in [0.15, 0.2) is 47.5 Å². The molecule has 1 aromatic carbocycles. The number of allylic oxidation sites excluding steroid dienone is 2. The minimum absolute atomic E-state index is 0.391. The van der Waals surface area contributed by atoms with Crippen molar-refractivity contribution in [3.05, 3.63) is 53.0 Å². The summed E-state index contributed by atoms with van der Waals surface area (Å²) in [7, 11) is 0. The summed E-state index contributed by atoms with van der Waals surface area (Å²) >= 11 is 3.36. The van der Waals surface area contributed by atoms with E-state index in [2.05, 4.69) is 27.8 Å². The van der Waals surface area contributed by atoms with Crippen molar-refractivity contribution in [3.8, 4) is 0 Å². The van der Waals surface area contributed by atoms with Crippen molar-refractivity contribution in [1.82, 2.24) is 5.32 Å². The van der Waals surface area contributed by atoms with Crippen LogP contribution in [0.3, 0.4) is 0 Å². The van der Waals surface area contributed by atoms with Gasteiger partial charge in [-0.3, -0.25) is 15.5 Å². The first kappa shape index (κ1) is 13.2. The molecule has 0 aliphatic heterocycles. The zero-order chi connectivity index (χ0) is 12.8. The molecule has 5 heteroatoms. The lowest BCUT2D eigenvalue weighted by Crippen LogP contribution is -2.36. The Balaban J connectivity index is 3.15. The quantitative estimate of drug-likeness (QED) is 0.345. The maximum Gasteiger partial charge on any atom is 0.258 e. The van der Waals surface area contributed by atoms with Gasteiger partial charge in [-0.2, -0.15) is 0 Å². The first-order valence-corrected chi connectivity index (χ1v) is 5.58. The molecule has 0 atom stereocenters. The SMILES string of the molecule is C=C/C=C(/C(=O)NC(=N)N)c1ccccc1Br. The van der Waals surface area contributed by atoms with Crippen LogP contribution >= 0.6 is 15.9 Å². The topological polar surface area (TPSA) is 79.0 Å². The highest BCUT2D eigenvalue weighted by atomic mass is 79.9. The van der Waals surface area contributed by atoms with Crippen molar-refractivity contribution < 1.29 is 4.79 Å². The third-order valence-electron chi connectivity index (χ3n) is 1.94. The molecular formula is C12H12BrN3O. The van der Waals surface area contributed by atoms with Crippen molar-refractivity contribution in [2.24, 2.45) is 5.73 Å². The largest absolute Gasteiger partial charge is 0.370 e. The smallest absolute Gasteiger partial charge is 0.258 e. The predicted molar refractivity (Wildman–Crippen MR) is 72.4 cm³/mol. The molecular weight excluding hydrogens is 282 g/mol. The molecule has 0 unspecified atom stereocenters. The summed E-state index contributed by atoms with van der Waals surface area (Å²) in [5, 5.41) is 9.29. The number of nitrogens with one attached hydrogen (secondary N) is 2. The van der Waals surface area contributed by atoms with Gasteiger partial charge in [-0.25, -0.2) is 0 Å². The van der Waals surface area contributed by atoms with E-state index >= 15 is 0 Å². The Morgan fingerprint density at radius 1 is 1.47 bits per heavy atom. The molecule has 0 aromatic heterocycles. The maximum atomic E-state index is 11.8. The molecule has 0 spiro atoms. The van der Waals surface area contributed by atoms with E-state index in [9.17, 15) is 4.79 Å². The number of nitrogens with two attached hydrogens (primary N) is 1. The van der Waals surface area contributed by atoms with E-state index in [0.29, 0.717) is 11.1 Å². The summed E-state index contributed by atoms with van der Waals surface area (Å²) in [4.78, 5) is 11.8. The fraction of sp³-hybridized carbons (Fsp3) is 0. The number of amides is 1. The second-order valence-corrected chi connectivity index (χ2v) is 4.02. The highest BCUT2D eigenvalue weighted by molar-refractivity contribution is 9.10. The average molecular weight is 294 g/mol. The van der Waals surface area contributed by atoms with E-state index in [1.165, 1.54) is 6.08 Å². The monoisotopic (exact) mass is 293 g/mol. The molecule has 0 fully saturated rings. The van der Waals surface area contributed by atoms with E-state index in [1.54, 1.807) is 12.1 Å². The van der Waals surface area contributed by atoms with Gasteiger partial charge in [0.05, 0.1) is 0 Å². The fourth-order valence-corrected chi connectivity index (χ4v) is 1.77. The standard InChI is InChI=1S/C12H12BrN3O/c1-2-5-9(11(17)16-12(14)15)8-6-3-4-7-10(8)13/h2-7H,1H2,(H4,14,15,16,17)/b9-5+. The number of hydrogen-bond donors (Lipinski definition) is 3. The fourth-order valence-electron chi connectivity index (χ4n) is 1.27. The van der Waals surface area contributed by atoms with Gasteiger partial charge in [0.15, 0.2) is 5.96 Å². The number of guanidine groups is 1. The summed E-state index contributed by atoms with van der Waals surface area (Å²) in [6, 6.07) is 7.28. The van der Waals surface area contributed by atoms with Crippen LogP contribution < -0.4 is 11.1 Å². The van der Waals surface area contributed by atoms with Gasteiger partial charge in [-0.1, -0.05) is 46.8 Å². The maximum absolute atomic E-state index is 11.8. The molecule has 88 valence electrons. The van der Waals surface area contributed by atoms with Crippen molar-refractivity contribution in [3.63, 3.8) is 0 Å². The van der Waals surface area contributed by atoms with E-state index in [4.69, 9.17) is 11.1 Å². The van der Waals surface area contributed by atoms with Gasteiger partial charge >= 0.3 is 0 Å². The molecule has 0 aliphatic carbocycles. The lowest BCUT2D eigenvalue weighted by atomic mass is 10.0. The molecule has 1 aromatic rings. The first-order valence-electron chi connectivity index (χ1n) is 4.79. The first-order chi connectivity index (χ1) is 8.06. The zero-order valence-electron chi connectivity index (χ0n) is 9.03. The third kappa shape index (κ3) is 3.57. The molecule has 1 amide bonds. The molecule has 4 N–H and O–H groups in total. The molecule has 0 saturated heterocycles. The summed E-state index contributed by atoms with van der Waals surface area (Å²) < 4.78 is 0.784. The van der Waals surface area contributed by atoms with Crippen LogP contribution in [0.1, 0.15) is 5.56 Å². The molecule has 1 rings (SSSR count). The van der Waals surface area contributed by atoms with Gasteiger partial charge < -0.3 is 5.73 Å². The Morgan fingerprint density at radius 2 is 2.12 bits per heavy atom. The van der Waals surface area contributed by atoms with Gasteiger partial charge in [-0.05, 0) is 12.1 Å². The molecule has 0 saturated carbocycles. The van der Waals surface area contributed by atoms with Crippen LogP contribution in [0.25, 0.3) is 5.57 Å². The van der Waals surface area contributed by atoms with Crippen molar-refractivity contribution in [2.45, 2.75) is 0 Å². The van der Waals surface area contributed by atoms with Crippen molar-refractivity contribution in [2.75, 3.05) is 0 Å². The Hall–Kier alpha value is -1.88. The van der Waals surface area contributed by atoms with Crippen molar-refractivity contribution in [1.29, 1.82) is 5.41 Å². The Kier molecular flexibility index (Phi) is 4.66. The Bertz CT molecular complexity index is 494. The number of rotatable bonds is 3. The highest BCUT2D eigenvalue weighted by Gasteiger charge is 2.13. The van der Waals surface area contributed by atoms with E-state index < -0.39 is 11.9 Å². The number of carbonyl (C=O) groups excluding carboxylic acids is 1. The van der Waals surface area contributed by atoms with E-state index in [0.717, 1.165) is 4.47 Å². The lowest BCUT2D eigenvalue weighted by molar-refractivity contribution is -0.114. The Morgan fingerprint density at radius 3 is 2.65 bits per heavy atom. The van der Waals surface area contributed by atoms with Crippen LogP contribution in [0, 0.1) is 5.41 Å². The summed E-state index contributed by atoms with van der Waals surface area (Å²) in [5.41, 5.74) is 6.24. The summed E-state index contributed by atoms with van der Waals surface area (Å²) in [6.45, 7) is 3.56. The number of hydrogen-bond acceptors (Lipinski definition) is 2. The van der Waals surface area contributed by atoms with Crippen LogP contribution in [0.2, 0.25) is 0 Å². The third-order valence-corrected chi connectivity index (χ3v) is 2.63. The number of halogens is 1. The van der Waals surface area contributed by atoms with Crippen LogP contribution in [0.5, 0.6) is 0 Å². The molecule has 0 heterocycles. The number of benzene rings is 1. The Labute approximate surface area is 108 Å². The van der Waals surface area contributed by atoms with E-state index in [-0.39, 0.29) is 0 Å². The normalized spacial score (nSPS) is 10.8. The van der Waals surface area contributed by atoms with Gasteiger partial charge in [0.25, 0.3) is 5.91 Å². The van der Waals surface area contributed by atoms with Crippen molar-refractivity contribution >= 4 is 33.4 Å². The molecule has 0 radical (unpaired) electrons. The van der Waals surface area contributed by atoms with Gasteiger partial charge in [0.1, 0.15) is 0 Å². The van der Waals surface area contributed by atoms with Crippen LogP contribution in [-0.2, 0) is 4.79 Å². The lowest BCUT2D eigenvalue weighted by Gasteiger charge is -2.09. The van der Waals surface area contributed by atoms with Crippen LogP contribution in [0.4, 0.5) is 0 Å². The van der Waals surface area contributed by atoms with E-state index in [1.807, 2.05) is 18.2 Å². The molecule has 4 nitrogen and oxygen atoms in total. The predicted octanol–water partition coefficient (Wildman–Crippen LogP) is 2.03. The second-order valence-electron chi connectivity index (χ2n) is 3.16. The van der Waals surface area contributed by atoms with Gasteiger partial charge in [0.2, 0.25) is 0 Å². The number of carbonyl (C=O) groups is 1. The summed E-state index contributed by atoms with van der Waals surface area (Å²) in [5.74, 6) is -0.832. The summed E-state index contributed by atoms with van der Waals surface area (Å²) in [6.07, 6.45) is 3.08. The minimum Gasteiger partial charge on any atom is -0.370 e. The molecule has 0 bridgehead atoms. The zero-order valence-corrected chi connectivity index (χ0v) is 10.6. The average Bonchev–Trinajstić information content (AvgIpc) is 2.26. The molecule has 17 heavy (non-hydrogen) atoms. The van der Waals surface area contributed by atoms with Crippen LogP contribution in [-0.4, -0.2) is 11.9 Å². The molecule has 0 aliphatic rings. The van der Waals surface area contributed by atoms with Gasteiger partial charge in [0, 0.05) is 15.6 Å². The second kappa shape index (κ2) is 6.00. The highest BCUT2D eigenvalue weighted by Crippen LogP contribution is 2.24.